The molecule has 0 heteroatoms. The van der Waals surface area contributed by atoms with Gasteiger partial charge in [0.15, 0.2) is 0 Å². The van der Waals surface area contributed by atoms with Crippen LogP contribution in [0.4, 0.5) is 0 Å². The Morgan fingerprint density at radius 2 is 1.44 bits per heavy atom. The molecule has 0 saturated heterocycles. The number of rotatable bonds is 1. The molecule has 1 aromatic carbocycles. The molecule has 0 N–H and O–H groups in total. The first-order valence-electron chi connectivity index (χ1n) is 6.89. The molecule has 0 aromatic heterocycles. The minimum atomic E-state index is 0.665. The molecule has 0 radical (unpaired) electrons. The van der Waals surface area contributed by atoms with Gasteiger partial charge in [-0.15, -0.1) is 0 Å². The zero-order valence-electron chi connectivity index (χ0n) is 10.8. The Bertz CT molecular complexity index is 336. The Kier molecular flexibility index (Phi) is 4.04. The number of benzene rings is 1. The second-order valence-corrected chi connectivity index (χ2v) is 5.45. The molecule has 0 heterocycles. The van der Waals surface area contributed by atoms with E-state index >= 15 is 0 Å². The molecule has 1 aromatic rings. The molecule has 0 amide bonds. The summed E-state index contributed by atoms with van der Waals surface area (Å²) in [5.41, 5.74) is 4.76. The van der Waals surface area contributed by atoms with Crippen molar-refractivity contribution in [2.45, 2.75) is 64.7 Å². The van der Waals surface area contributed by atoms with Crippen LogP contribution in [-0.2, 0) is 12.8 Å². The fourth-order valence-electron chi connectivity index (χ4n) is 2.64. The maximum Gasteiger partial charge on any atom is -0.0219 e. The van der Waals surface area contributed by atoms with Gasteiger partial charge in [-0.3, -0.25) is 0 Å². The fraction of sp³-hybridized carbons (Fsp3) is 0.625. The number of hydrogen-bond acceptors (Lipinski definition) is 0. The molecular formula is C16H24. The van der Waals surface area contributed by atoms with Crippen molar-refractivity contribution in [2.24, 2.45) is 0 Å². The van der Waals surface area contributed by atoms with Crippen molar-refractivity contribution >= 4 is 0 Å². The average Bonchev–Trinajstić information content (AvgIpc) is 2.39. The van der Waals surface area contributed by atoms with Gasteiger partial charge in [-0.2, -0.15) is 0 Å². The van der Waals surface area contributed by atoms with Crippen molar-refractivity contribution < 1.29 is 0 Å². The Labute approximate surface area is 100 Å². The summed E-state index contributed by atoms with van der Waals surface area (Å²) < 4.78 is 0. The van der Waals surface area contributed by atoms with Gasteiger partial charge in [-0.25, -0.2) is 0 Å². The third kappa shape index (κ3) is 2.87. The molecule has 0 atom stereocenters. The zero-order chi connectivity index (χ0) is 11.4. The van der Waals surface area contributed by atoms with Gasteiger partial charge < -0.3 is 0 Å². The van der Waals surface area contributed by atoms with Gasteiger partial charge in [0, 0.05) is 0 Å². The van der Waals surface area contributed by atoms with E-state index in [2.05, 4.69) is 32.0 Å². The van der Waals surface area contributed by atoms with Gasteiger partial charge in [-0.1, -0.05) is 51.3 Å². The average molecular weight is 216 g/mol. The van der Waals surface area contributed by atoms with Crippen molar-refractivity contribution in [1.29, 1.82) is 0 Å². The molecule has 0 fully saturated rings. The molecule has 1 aliphatic rings. The smallest absolute Gasteiger partial charge is 0.0219 e. The van der Waals surface area contributed by atoms with E-state index < -0.39 is 0 Å². The van der Waals surface area contributed by atoms with Crippen LogP contribution in [0.3, 0.4) is 0 Å². The SMILES string of the molecule is CC(C)c1ccc2c(c1)CCCCCCC2. The molecule has 88 valence electrons. The standard InChI is InChI=1S/C16H24/c1-13(2)15-11-10-14-8-6-4-3-5-7-9-16(14)12-15/h10-13H,3-9H2,1-2H3. The second-order valence-electron chi connectivity index (χ2n) is 5.45. The number of aryl methyl sites for hydroxylation is 2. The van der Waals surface area contributed by atoms with Crippen molar-refractivity contribution in [3.05, 3.63) is 34.9 Å². The summed E-state index contributed by atoms with van der Waals surface area (Å²) in [6.45, 7) is 4.58. The lowest BCUT2D eigenvalue weighted by Crippen LogP contribution is -1.97. The van der Waals surface area contributed by atoms with Gasteiger partial charge in [-0.05, 0) is 48.3 Å². The summed E-state index contributed by atoms with van der Waals surface area (Å²) >= 11 is 0. The van der Waals surface area contributed by atoms with Gasteiger partial charge in [0.05, 0.1) is 0 Å². The largest absolute Gasteiger partial charge is 0.0587 e. The quantitative estimate of drug-likeness (QED) is 0.629. The molecule has 0 nitrogen and oxygen atoms in total. The van der Waals surface area contributed by atoms with E-state index in [0.717, 1.165) is 0 Å². The summed E-state index contributed by atoms with van der Waals surface area (Å²) in [7, 11) is 0. The van der Waals surface area contributed by atoms with Crippen molar-refractivity contribution in [2.75, 3.05) is 0 Å². The van der Waals surface area contributed by atoms with Gasteiger partial charge in [0.1, 0.15) is 0 Å². The molecule has 0 aliphatic heterocycles. The van der Waals surface area contributed by atoms with Crippen LogP contribution in [0.5, 0.6) is 0 Å². The minimum Gasteiger partial charge on any atom is -0.0587 e. The van der Waals surface area contributed by atoms with Gasteiger partial charge >= 0.3 is 0 Å². The van der Waals surface area contributed by atoms with Crippen molar-refractivity contribution in [3.63, 3.8) is 0 Å². The molecule has 0 bridgehead atoms. The summed E-state index contributed by atoms with van der Waals surface area (Å²) in [6, 6.07) is 7.18. The fourth-order valence-corrected chi connectivity index (χ4v) is 2.64. The minimum absolute atomic E-state index is 0.665. The molecule has 0 unspecified atom stereocenters. The lowest BCUT2D eigenvalue weighted by atomic mass is 9.93. The Morgan fingerprint density at radius 1 is 0.812 bits per heavy atom. The van der Waals surface area contributed by atoms with Gasteiger partial charge in [0.2, 0.25) is 0 Å². The van der Waals surface area contributed by atoms with E-state index in [1.165, 1.54) is 50.5 Å². The Morgan fingerprint density at radius 3 is 2.12 bits per heavy atom. The lowest BCUT2D eigenvalue weighted by Gasteiger charge is -2.12. The summed E-state index contributed by atoms with van der Waals surface area (Å²) in [5.74, 6) is 0.665. The van der Waals surface area contributed by atoms with Crippen LogP contribution in [0, 0.1) is 0 Å². The molecule has 0 spiro atoms. The highest BCUT2D eigenvalue weighted by molar-refractivity contribution is 5.34. The molecule has 0 saturated carbocycles. The number of hydrogen-bond donors (Lipinski definition) is 0. The predicted molar refractivity (Wildman–Crippen MR) is 71.0 cm³/mol. The third-order valence-electron chi connectivity index (χ3n) is 3.79. The van der Waals surface area contributed by atoms with Crippen LogP contribution in [0.1, 0.15) is 68.6 Å². The van der Waals surface area contributed by atoms with E-state index in [-0.39, 0.29) is 0 Å². The highest BCUT2D eigenvalue weighted by Crippen LogP contribution is 2.24. The van der Waals surface area contributed by atoms with Crippen LogP contribution >= 0.6 is 0 Å². The van der Waals surface area contributed by atoms with Gasteiger partial charge in [0.25, 0.3) is 0 Å². The molecule has 2 rings (SSSR count). The summed E-state index contributed by atoms with van der Waals surface area (Å²) in [4.78, 5) is 0. The predicted octanol–water partition coefficient (Wildman–Crippen LogP) is 4.86. The van der Waals surface area contributed by atoms with Crippen LogP contribution in [0.15, 0.2) is 18.2 Å². The monoisotopic (exact) mass is 216 g/mol. The summed E-state index contributed by atoms with van der Waals surface area (Å²) in [5, 5.41) is 0. The maximum atomic E-state index is 2.46. The Hall–Kier alpha value is -0.780. The van der Waals surface area contributed by atoms with Crippen LogP contribution in [-0.4, -0.2) is 0 Å². The second kappa shape index (κ2) is 5.52. The first-order chi connectivity index (χ1) is 7.77. The van der Waals surface area contributed by atoms with Crippen molar-refractivity contribution in [1.82, 2.24) is 0 Å². The third-order valence-corrected chi connectivity index (χ3v) is 3.79. The van der Waals surface area contributed by atoms with E-state index in [1.807, 2.05) is 0 Å². The maximum absolute atomic E-state index is 2.46. The summed E-state index contributed by atoms with van der Waals surface area (Å²) in [6.07, 6.45) is 9.65. The lowest BCUT2D eigenvalue weighted by molar-refractivity contribution is 0.629. The first kappa shape index (κ1) is 11.7. The van der Waals surface area contributed by atoms with E-state index in [4.69, 9.17) is 0 Å². The topological polar surface area (TPSA) is 0 Å². The molecular weight excluding hydrogens is 192 g/mol. The molecule has 1 aliphatic carbocycles. The van der Waals surface area contributed by atoms with Crippen LogP contribution in [0.2, 0.25) is 0 Å². The van der Waals surface area contributed by atoms with E-state index in [0.29, 0.717) is 5.92 Å². The highest BCUT2D eigenvalue weighted by atomic mass is 14.1. The Balaban J connectivity index is 2.24. The van der Waals surface area contributed by atoms with E-state index in [9.17, 15) is 0 Å². The van der Waals surface area contributed by atoms with E-state index in [1.54, 1.807) is 11.1 Å². The normalized spacial score (nSPS) is 17.4. The van der Waals surface area contributed by atoms with Crippen LogP contribution < -0.4 is 0 Å². The number of fused-ring (bicyclic) bond motifs is 1. The van der Waals surface area contributed by atoms with Crippen molar-refractivity contribution in [3.8, 4) is 0 Å². The highest BCUT2D eigenvalue weighted by Gasteiger charge is 2.08. The van der Waals surface area contributed by atoms with Crippen LogP contribution in [0.25, 0.3) is 0 Å². The molecule has 16 heavy (non-hydrogen) atoms. The first-order valence-corrected chi connectivity index (χ1v) is 6.89. The zero-order valence-corrected chi connectivity index (χ0v) is 10.8.